The molecule has 2 fully saturated rings. The molecule has 0 spiro atoms. The molecule has 3 atom stereocenters. The maximum atomic E-state index is 12.2. The molecule has 0 aromatic heterocycles. The van der Waals surface area contributed by atoms with E-state index in [2.05, 4.69) is 24.1 Å². The molecule has 2 bridgehead atoms. The third-order valence-corrected chi connectivity index (χ3v) is 3.94. The number of hydrogen-bond donors (Lipinski definition) is 1. The number of fused-ring (bicyclic) bond motifs is 2. The van der Waals surface area contributed by atoms with Crippen LogP contribution in [0.2, 0.25) is 0 Å². The van der Waals surface area contributed by atoms with Crippen LogP contribution in [0.25, 0.3) is 0 Å². The predicted molar refractivity (Wildman–Crippen MR) is 67.8 cm³/mol. The molecule has 0 aliphatic carbocycles. The molecule has 1 N–H and O–H groups in total. The van der Waals surface area contributed by atoms with Crippen molar-refractivity contribution >= 4 is 18.3 Å². The Kier molecular flexibility index (Phi) is 5.06. The Balaban J connectivity index is 0.00000128. The number of nitrogens with zero attached hydrogens (tertiary/aromatic N) is 1. The fraction of sp³-hybridized carbons (Fsp3) is 0.917. The van der Waals surface area contributed by atoms with E-state index < -0.39 is 0 Å². The summed E-state index contributed by atoms with van der Waals surface area (Å²) in [6, 6.07) is 0.991. The second-order valence-corrected chi connectivity index (χ2v) is 4.93. The van der Waals surface area contributed by atoms with Crippen molar-refractivity contribution in [3.05, 3.63) is 0 Å². The fourth-order valence-corrected chi connectivity index (χ4v) is 2.77. The summed E-state index contributed by atoms with van der Waals surface area (Å²) >= 11 is 0. The molecule has 2 saturated heterocycles. The van der Waals surface area contributed by atoms with Crippen molar-refractivity contribution < 1.29 is 4.79 Å². The van der Waals surface area contributed by atoms with E-state index in [1.165, 1.54) is 12.8 Å². The lowest BCUT2D eigenvalue weighted by molar-refractivity contribution is -0.137. The van der Waals surface area contributed by atoms with Crippen molar-refractivity contribution in [2.24, 2.45) is 5.92 Å². The molecular weight excluding hydrogens is 224 g/mol. The number of nitrogens with one attached hydrogen (secondary N) is 1. The maximum Gasteiger partial charge on any atom is 0.225 e. The van der Waals surface area contributed by atoms with Gasteiger partial charge in [0.2, 0.25) is 5.91 Å². The van der Waals surface area contributed by atoms with Crippen LogP contribution in [-0.2, 0) is 4.79 Å². The molecule has 2 aliphatic rings. The van der Waals surface area contributed by atoms with Crippen LogP contribution in [-0.4, -0.2) is 36.0 Å². The summed E-state index contributed by atoms with van der Waals surface area (Å²) in [5.74, 6) is 0.583. The van der Waals surface area contributed by atoms with E-state index in [1.54, 1.807) is 0 Å². The molecule has 2 aliphatic heterocycles. The van der Waals surface area contributed by atoms with E-state index in [4.69, 9.17) is 0 Å². The van der Waals surface area contributed by atoms with Crippen LogP contribution >= 0.6 is 12.4 Å². The quantitative estimate of drug-likeness (QED) is 0.806. The van der Waals surface area contributed by atoms with Gasteiger partial charge in [0.05, 0.1) is 0 Å². The molecule has 94 valence electrons. The normalized spacial score (nSPS) is 30.5. The third kappa shape index (κ3) is 2.51. The minimum atomic E-state index is 0. The molecule has 2 heterocycles. The van der Waals surface area contributed by atoms with Crippen molar-refractivity contribution in [1.82, 2.24) is 10.2 Å². The Morgan fingerprint density at radius 1 is 1.38 bits per heavy atom. The van der Waals surface area contributed by atoms with Gasteiger partial charge in [0.1, 0.15) is 0 Å². The first kappa shape index (κ1) is 13.8. The van der Waals surface area contributed by atoms with Crippen LogP contribution in [0.5, 0.6) is 0 Å². The molecule has 0 saturated carbocycles. The summed E-state index contributed by atoms with van der Waals surface area (Å²) < 4.78 is 0. The lowest BCUT2D eigenvalue weighted by Gasteiger charge is -2.30. The van der Waals surface area contributed by atoms with E-state index in [-0.39, 0.29) is 18.3 Å². The highest BCUT2D eigenvalue weighted by Crippen LogP contribution is 2.29. The molecule has 0 radical (unpaired) electrons. The minimum Gasteiger partial charge on any atom is -0.335 e. The fourth-order valence-electron chi connectivity index (χ4n) is 2.77. The molecule has 2 rings (SSSR count). The first-order valence-corrected chi connectivity index (χ1v) is 6.27. The first-order valence-electron chi connectivity index (χ1n) is 6.27. The van der Waals surface area contributed by atoms with Crippen molar-refractivity contribution in [3.63, 3.8) is 0 Å². The molecule has 3 nitrogen and oxygen atoms in total. The highest BCUT2D eigenvalue weighted by molar-refractivity contribution is 5.85. The molecule has 4 heteroatoms. The Bertz CT molecular complexity index is 233. The second-order valence-electron chi connectivity index (χ2n) is 4.93. The number of amides is 1. The van der Waals surface area contributed by atoms with Gasteiger partial charge < -0.3 is 10.2 Å². The molecule has 3 unspecified atom stereocenters. The third-order valence-electron chi connectivity index (χ3n) is 3.94. The molecule has 1 amide bonds. The van der Waals surface area contributed by atoms with Gasteiger partial charge in [0, 0.05) is 24.5 Å². The van der Waals surface area contributed by atoms with Crippen molar-refractivity contribution in [1.29, 1.82) is 0 Å². The SMILES string of the molecule is CCC(C)C(=O)N1C2CCNCC1CC2.Cl. The Hall–Kier alpha value is -0.280. The van der Waals surface area contributed by atoms with E-state index in [1.807, 2.05) is 0 Å². The van der Waals surface area contributed by atoms with E-state index >= 15 is 0 Å². The van der Waals surface area contributed by atoms with Gasteiger partial charge in [0.15, 0.2) is 0 Å². The van der Waals surface area contributed by atoms with Crippen molar-refractivity contribution in [3.8, 4) is 0 Å². The number of hydrogen-bond acceptors (Lipinski definition) is 2. The zero-order chi connectivity index (χ0) is 10.8. The van der Waals surface area contributed by atoms with Gasteiger partial charge in [-0.05, 0) is 32.2 Å². The van der Waals surface area contributed by atoms with Gasteiger partial charge in [-0.2, -0.15) is 0 Å². The number of carbonyl (C=O) groups is 1. The lowest BCUT2D eigenvalue weighted by atomic mass is 10.1. The van der Waals surface area contributed by atoms with Gasteiger partial charge in [0.25, 0.3) is 0 Å². The average Bonchev–Trinajstić information content (AvgIpc) is 2.50. The standard InChI is InChI=1S/C12H22N2O.ClH/c1-3-9(2)12(15)14-10-4-5-11(14)8-13-7-6-10;/h9-11,13H,3-8H2,1-2H3;1H. The Morgan fingerprint density at radius 3 is 2.75 bits per heavy atom. The van der Waals surface area contributed by atoms with Crippen LogP contribution in [0.1, 0.15) is 39.5 Å². The van der Waals surface area contributed by atoms with E-state index in [0.717, 1.165) is 25.9 Å². The average molecular weight is 247 g/mol. The summed E-state index contributed by atoms with van der Waals surface area (Å²) in [5.41, 5.74) is 0. The van der Waals surface area contributed by atoms with Crippen LogP contribution in [0.4, 0.5) is 0 Å². The first-order chi connectivity index (χ1) is 7.24. The lowest BCUT2D eigenvalue weighted by Crippen LogP contribution is -2.44. The maximum absolute atomic E-state index is 12.2. The predicted octanol–water partition coefficient (Wildman–Crippen LogP) is 1.81. The van der Waals surface area contributed by atoms with Crippen LogP contribution in [0, 0.1) is 5.92 Å². The monoisotopic (exact) mass is 246 g/mol. The van der Waals surface area contributed by atoms with Crippen LogP contribution in [0.3, 0.4) is 0 Å². The Labute approximate surface area is 104 Å². The van der Waals surface area contributed by atoms with Crippen LogP contribution in [0.15, 0.2) is 0 Å². The highest BCUT2D eigenvalue weighted by atomic mass is 35.5. The summed E-state index contributed by atoms with van der Waals surface area (Å²) in [6.07, 6.45) is 4.51. The summed E-state index contributed by atoms with van der Waals surface area (Å²) in [4.78, 5) is 14.4. The summed E-state index contributed by atoms with van der Waals surface area (Å²) in [7, 11) is 0. The summed E-state index contributed by atoms with van der Waals surface area (Å²) in [6.45, 7) is 6.23. The van der Waals surface area contributed by atoms with Gasteiger partial charge in [-0.15, -0.1) is 12.4 Å². The van der Waals surface area contributed by atoms with Gasteiger partial charge in [-0.25, -0.2) is 0 Å². The van der Waals surface area contributed by atoms with Crippen molar-refractivity contribution in [2.45, 2.75) is 51.6 Å². The van der Waals surface area contributed by atoms with E-state index in [0.29, 0.717) is 18.0 Å². The highest BCUT2D eigenvalue weighted by Gasteiger charge is 2.38. The molecular formula is C12H23ClN2O. The van der Waals surface area contributed by atoms with Crippen LogP contribution < -0.4 is 5.32 Å². The van der Waals surface area contributed by atoms with Gasteiger partial charge >= 0.3 is 0 Å². The summed E-state index contributed by atoms with van der Waals surface area (Å²) in [5, 5.41) is 3.43. The second kappa shape index (κ2) is 5.87. The largest absolute Gasteiger partial charge is 0.335 e. The van der Waals surface area contributed by atoms with E-state index in [9.17, 15) is 4.79 Å². The number of halogens is 1. The minimum absolute atomic E-state index is 0. The van der Waals surface area contributed by atoms with Gasteiger partial charge in [-0.1, -0.05) is 13.8 Å². The molecule has 16 heavy (non-hydrogen) atoms. The Morgan fingerprint density at radius 2 is 2.06 bits per heavy atom. The van der Waals surface area contributed by atoms with Crippen molar-refractivity contribution in [2.75, 3.05) is 13.1 Å². The molecule has 0 aromatic rings. The number of carbonyl (C=O) groups excluding carboxylic acids is 1. The molecule has 0 aromatic carbocycles. The zero-order valence-electron chi connectivity index (χ0n) is 10.2. The topological polar surface area (TPSA) is 32.3 Å². The van der Waals surface area contributed by atoms with Gasteiger partial charge in [-0.3, -0.25) is 4.79 Å². The smallest absolute Gasteiger partial charge is 0.225 e. The number of rotatable bonds is 2. The zero-order valence-corrected chi connectivity index (χ0v) is 11.1.